The maximum atomic E-state index is 13.7. The van der Waals surface area contributed by atoms with Crippen molar-refractivity contribution in [1.82, 2.24) is 9.62 Å². The zero-order valence-corrected chi connectivity index (χ0v) is 14.4. The molecule has 0 aromatic heterocycles. The third-order valence-corrected chi connectivity index (χ3v) is 5.94. The van der Waals surface area contributed by atoms with Gasteiger partial charge >= 0.3 is 0 Å². The Bertz CT molecular complexity index is 823. The second-order valence-corrected chi connectivity index (χ2v) is 7.86. The molecule has 1 atom stereocenters. The molecule has 0 spiro atoms. The molecule has 1 aliphatic heterocycles. The Labute approximate surface area is 142 Å². The van der Waals surface area contributed by atoms with Crippen molar-refractivity contribution in [2.24, 2.45) is 0 Å². The van der Waals surface area contributed by atoms with Crippen LogP contribution in [-0.4, -0.2) is 32.4 Å². The Hall–Kier alpha value is -1.76. The molecule has 3 rings (SSSR count). The first-order valence-electron chi connectivity index (χ1n) is 8.02. The van der Waals surface area contributed by atoms with E-state index in [1.807, 2.05) is 19.1 Å². The van der Waals surface area contributed by atoms with Crippen molar-refractivity contribution in [3.8, 4) is 0 Å². The van der Waals surface area contributed by atoms with E-state index in [-0.39, 0.29) is 17.5 Å². The molecule has 24 heavy (non-hydrogen) atoms. The fraction of sp³-hybridized carbons (Fsp3) is 0.333. The van der Waals surface area contributed by atoms with Gasteiger partial charge in [-0.1, -0.05) is 36.4 Å². The highest BCUT2D eigenvalue weighted by atomic mass is 32.2. The molecule has 6 heteroatoms. The summed E-state index contributed by atoms with van der Waals surface area (Å²) in [4.78, 5) is 1.94. The van der Waals surface area contributed by atoms with E-state index < -0.39 is 15.8 Å². The Balaban J connectivity index is 1.64. The number of benzene rings is 2. The van der Waals surface area contributed by atoms with Crippen molar-refractivity contribution in [3.05, 3.63) is 65.5 Å². The van der Waals surface area contributed by atoms with Gasteiger partial charge in [0, 0.05) is 25.7 Å². The van der Waals surface area contributed by atoms with Crippen LogP contribution in [0, 0.1) is 5.82 Å². The van der Waals surface area contributed by atoms with Gasteiger partial charge in [-0.3, -0.25) is 4.90 Å². The molecule has 2 aromatic carbocycles. The van der Waals surface area contributed by atoms with Crippen LogP contribution >= 0.6 is 0 Å². The smallest absolute Gasteiger partial charge is 0.243 e. The molecule has 4 nitrogen and oxygen atoms in total. The van der Waals surface area contributed by atoms with E-state index in [0.29, 0.717) is 0 Å². The maximum absolute atomic E-state index is 13.7. The van der Waals surface area contributed by atoms with Gasteiger partial charge in [0.25, 0.3) is 0 Å². The second-order valence-electron chi connectivity index (χ2n) is 6.12. The zero-order chi connectivity index (χ0) is 17.2. The maximum Gasteiger partial charge on any atom is 0.243 e. The molecule has 2 aromatic rings. The third-order valence-electron chi connectivity index (χ3n) is 4.48. The zero-order valence-electron chi connectivity index (χ0n) is 13.6. The lowest BCUT2D eigenvalue weighted by atomic mass is 9.99. The monoisotopic (exact) mass is 348 g/mol. The Morgan fingerprint density at radius 1 is 1.12 bits per heavy atom. The number of fused-ring (bicyclic) bond motifs is 1. The quantitative estimate of drug-likeness (QED) is 0.903. The van der Waals surface area contributed by atoms with Gasteiger partial charge < -0.3 is 0 Å². The summed E-state index contributed by atoms with van der Waals surface area (Å²) in [6.45, 7) is 3.93. The minimum atomic E-state index is -3.84. The second kappa shape index (κ2) is 7.01. The number of rotatable bonds is 5. The summed E-state index contributed by atoms with van der Waals surface area (Å²) >= 11 is 0. The molecule has 1 heterocycles. The lowest BCUT2D eigenvalue weighted by molar-refractivity contribution is 0.192. The summed E-state index contributed by atoms with van der Waals surface area (Å²) in [5.74, 6) is -0.732. The minimum absolute atomic E-state index is 0.0277. The third kappa shape index (κ3) is 3.66. The van der Waals surface area contributed by atoms with E-state index >= 15 is 0 Å². The molecule has 0 amide bonds. The van der Waals surface area contributed by atoms with Gasteiger partial charge in [-0.2, -0.15) is 0 Å². The normalized spacial score (nSPS) is 16.6. The first-order valence-corrected chi connectivity index (χ1v) is 9.51. The largest absolute Gasteiger partial charge is 0.295 e. The summed E-state index contributed by atoms with van der Waals surface area (Å²) in [5.41, 5.74) is 2.64. The van der Waals surface area contributed by atoms with E-state index in [2.05, 4.69) is 21.8 Å². The summed E-state index contributed by atoms with van der Waals surface area (Å²) in [6.07, 6.45) is 0.959. The SMILES string of the molecule is C[C@H](CNS(=O)(=O)c1ccccc1F)N1CCc2ccccc2C1. The van der Waals surface area contributed by atoms with Gasteiger partial charge in [-0.25, -0.2) is 17.5 Å². The number of hydrogen-bond donors (Lipinski definition) is 1. The molecule has 1 aliphatic rings. The number of nitrogens with zero attached hydrogens (tertiary/aromatic N) is 1. The summed E-state index contributed by atoms with van der Waals surface area (Å²) in [7, 11) is -3.84. The first-order chi connectivity index (χ1) is 11.5. The lowest BCUT2D eigenvalue weighted by Crippen LogP contribution is -2.44. The summed E-state index contributed by atoms with van der Waals surface area (Å²) in [5, 5.41) is 0. The molecule has 0 unspecified atom stereocenters. The van der Waals surface area contributed by atoms with Crippen molar-refractivity contribution >= 4 is 10.0 Å². The highest BCUT2D eigenvalue weighted by molar-refractivity contribution is 7.89. The van der Waals surface area contributed by atoms with Gasteiger partial charge in [-0.15, -0.1) is 0 Å². The van der Waals surface area contributed by atoms with Gasteiger partial charge in [0.1, 0.15) is 10.7 Å². The minimum Gasteiger partial charge on any atom is -0.295 e. The van der Waals surface area contributed by atoms with Crippen LogP contribution in [0.1, 0.15) is 18.1 Å². The van der Waals surface area contributed by atoms with E-state index in [4.69, 9.17) is 0 Å². The van der Waals surface area contributed by atoms with Gasteiger partial charge in [0.05, 0.1) is 0 Å². The highest BCUT2D eigenvalue weighted by Gasteiger charge is 2.23. The predicted molar refractivity (Wildman–Crippen MR) is 91.6 cm³/mol. The fourth-order valence-corrected chi connectivity index (χ4v) is 4.19. The summed E-state index contributed by atoms with van der Waals surface area (Å²) in [6, 6.07) is 13.8. The lowest BCUT2D eigenvalue weighted by Gasteiger charge is -2.33. The molecule has 0 bridgehead atoms. The van der Waals surface area contributed by atoms with Crippen LogP contribution < -0.4 is 4.72 Å². The molecule has 0 aliphatic carbocycles. The van der Waals surface area contributed by atoms with Crippen molar-refractivity contribution in [1.29, 1.82) is 0 Å². The molecule has 1 N–H and O–H groups in total. The van der Waals surface area contributed by atoms with Crippen molar-refractivity contribution in [2.75, 3.05) is 13.1 Å². The molecule has 0 radical (unpaired) electrons. The van der Waals surface area contributed by atoms with Crippen LogP contribution in [0.2, 0.25) is 0 Å². The van der Waals surface area contributed by atoms with E-state index in [1.54, 1.807) is 0 Å². The molecular formula is C18H21FN2O2S. The van der Waals surface area contributed by atoms with Crippen LogP contribution in [-0.2, 0) is 23.0 Å². The van der Waals surface area contributed by atoms with Gasteiger partial charge in [0.2, 0.25) is 10.0 Å². The topological polar surface area (TPSA) is 49.4 Å². The average Bonchev–Trinajstić information content (AvgIpc) is 2.59. The van der Waals surface area contributed by atoms with Crippen LogP contribution in [0.15, 0.2) is 53.4 Å². The standard InChI is InChI=1S/C18H21FN2O2S/c1-14(21-11-10-15-6-2-3-7-16(15)13-21)12-20-24(22,23)18-9-5-4-8-17(18)19/h2-9,14,20H,10-13H2,1H3/t14-/m1/s1. The molecular weight excluding hydrogens is 327 g/mol. The fourth-order valence-electron chi connectivity index (χ4n) is 2.99. The Morgan fingerprint density at radius 3 is 2.54 bits per heavy atom. The van der Waals surface area contributed by atoms with Crippen molar-refractivity contribution < 1.29 is 12.8 Å². The molecule has 0 fully saturated rings. The van der Waals surface area contributed by atoms with Crippen LogP contribution in [0.5, 0.6) is 0 Å². The van der Waals surface area contributed by atoms with Gasteiger partial charge in [-0.05, 0) is 36.6 Å². The van der Waals surface area contributed by atoms with Crippen LogP contribution in [0.25, 0.3) is 0 Å². The summed E-state index contributed by atoms with van der Waals surface area (Å²) < 4.78 is 40.8. The van der Waals surface area contributed by atoms with Gasteiger partial charge in [0.15, 0.2) is 0 Å². The number of nitrogens with one attached hydrogen (secondary N) is 1. The Kier molecular flexibility index (Phi) is 4.99. The number of hydrogen-bond acceptors (Lipinski definition) is 3. The highest BCUT2D eigenvalue weighted by Crippen LogP contribution is 2.20. The van der Waals surface area contributed by atoms with E-state index in [0.717, 1.165) is 25.6 Å². The first kappa shape index (κ1) is 17.1. The number of halogens is 1. The average molecular weight is 348 g/mol. The van der Waals surface area contributed by atoms with Crippen LogP contribution in [0.3, 0.4) is 0 Å². The van der Waals surface area contributed by atoms with Crippen molar-refractivity contribution in [2.45, 2.75) is 30.8 Å². The number of sulfonamides is 1. The van der Waals surface area contributed by atoms with E-state index in [1.165, 1.54) is 29.3 Å². The predicted octanol–water partition coefficient (Wildman–Crippen LogP) is 2.55. The van der Waals surface area contributed by atoms with Crippen molar-refractivity contribution in [3.63, 3.8) is 0 Å². The molecule has 0 saturated carbocycles. The molecule has 128 valence electrons. The van der Waals surface area contributed by atoms with Crippen LogP contribution in [0.4, 0.5) is 4.39 Å². The van der Waals surface area contributed by atoms with E-state index in [9.17, 15) is 12.8 Å². The Morgan fingerprint density at radius 2 is 1.79 bits per heavy atom. The molecule has 0 saturated heterocycles.